The van der Waals surface area contributed by atoms with Crippen LogP contribution in [0.3, 0.4) is 0 Å². The summed E-state index contributed by atoms with van der Waals surface area (Å²) in [6, 6.07) is 15.0. The quantitative estimate of drug-likeness (QED) is 0.618. The average molecular weight is 381 g/mol. The maximum absolute atomic E-state index is 11.2. The number of hydrogen-bond donors (Lipinski definition) is 1. The van der Waals surface area contributed by atoms with Gasteiger partial charge in [0, 0.05) is 12.0 Å². The molecule has 0 aliphatic heterocycles. The fourth-order valence-corrected chi connectivity index (χ4v) is 2.55. The Morgan fingerprint density at radius 2 is 1.93 bits per heavy atom. The van der Waals surface area contributed by atoms with E-state index in [9.17, 15) is 9.90 Å². The van der Waals surface area contributed by atoms with E-state index in [0.717, 1.165) is 16.8 Å². The first-order valence-electron chi connectivity index (χ1n) is 9.01. The lowest BCUT2D eigenvalue weighted by molar-refractivity contribution is -0.152. The van der Waals surface area contributed by atoms with E-state index in [1.165, 1.54) is 13.8 Å². The molecule has 0 saturated heterocycles. The Morgan fingerprint density at radius 1 is 1.18 bits per heavy atom. The number of ether oxygens (including phenoxy) is 2. The van der Waals surface area contributed by atoms with Gasteiger partial charge in [0.15, 0.2) is 5.60 Å². The van der Waals surface area contributed by atoms with E-state index in [2.05, 4.69) is 4.98 Å². The van der Waals surface area contributed by atoms with Crippen molar-refractivity contribution in [2.24, 2.45) is 0 Å². The van der Waals surface area contributed by atoms with Gasteiger partial charge >= 0.3 is 5.97 Å². The summed E-state index contributed by atoms with van der Waals surface area (Å²) in [6.07, 6.45) is 2.25. The summed E-state index contributed by atoms with van der Waals surface area (Å²) < 4.78 is 16.9. The Balaban J connectivity index is 1.56. The number of hydrogen-bond acceptors (Lipinski definition) is 5. The number of carbonyl (C=O) groups is 1. The Bertz CT molecular complexity index is 947. The highest BCUT2D eigenvalue weighted by atomic mass is 16.5. The molecule has 6 nitrogen and oxygen atoms in total. The minimum Gasteiger partial charge on any atom is -0.493 e. The van der Waals surface area contributed by atoms with E-state index in [0.29, 0.717) is 30.4 Å². The molecule has 0 radical (unpaired) electrons. The van der Waals surface area contributed by atoms with Crippen LogP contribution in [0.25, 0.3) is 11.5 Å². The van der Waals surface area contributed by atoms with Gasteiger partial charge < -0.3 is 19.0 Å². The van der Waals surface area contributed by atoms with Gasteiger partial charge in [-0.05, 0) is 56.7 Å². The second kappa shape index (κ2) is 8.17. The van der Waals surface area contributed by atoms with E-state index in [4.69, 9.17) is 13.9 Å². The van der Waals surface area contributed by atoms with Crippen molar-refractivity contribution in [3.05, 3.63) is 66.1 Å². The first kappa shape index (κ1) is 19.5. The molecule has 6 heteroatoms. The Kier molecular flexibility index (Phi) is 5.68. The molecule has 0 bridgehead atoms. The third-order valence-electron chi connectivity index (χ3n) is 4.23. The second-order valence-electron chi connectivity index (χ2n) is 6.95. The molecule has 0 amide bonds. The van der Waals surface area contributed by atoms with E-state index >= 15 is 0 Å². The van der Waals surface area contributed by atoms with Crippen LogP contribution >= 0.6 is 0 Å². The van der Waals surface area contributed by atoms with Crippen molar-refractivity contribution in [3.8, 4) is 23.0 Å². The van der Waals surface area contributed by atoms with Crippen molar-refractivity contribution in [2.45, 2.75) is 32.8 Å². The van der Waals surface area contributed by atoms with Crippen molar-refractivity contribution < 1.29 is 23.8 Å². The molecule has 0 aliphatic rings. The number of oxazole rings is 1. The van der Waals surface area contributed by atoms with Crippen LogP contribution in [0.15, 0.2) is 59.2 Å². The number of benzene rings is 2. The van der Waals surface area contributed by atoms with Crippen molar-refractivity contribution in [1.82, 2.24) is 4.98 Å². The topological polar surface area (TPSA) is 81.8 Å². The molecule has 1 aromatic heterocycles. The average Bonchev–Trinajstić information content (AvgIpc) is 3.13. The minimum atomic E-state index is -1.30. The van der Waals surface area contributed by atoms with Crippen LogP contribution in [-0.4, -0.2) is 28.3 Å². The Hall–Kier alpha value is -3.28. The zero-order valence-corrected chi connectivity index (χ0v) is 16.1. The van der Waals surface area contributed by atoms with Crippen molar-refractivity contribution >= 4 is 5.97 Å². The first-order chi connectivity index (χ1) is 13.3. The first-order valence-corrected chi connectivity index (χ1v) is 9.01. The minimum absolute atomic E-state index is 0.445. The third kappa shape index (κ3) is 4.71. The van der Waals surface area contributed by atoms with Gasteiger partial charge in [0.1, 0.15) is 17.8 Å². The molecular weight excluding hydrogens is 358 g/mol. The fraction of sp³-hybridized carbons (Fsp3) is 0.273. The van der Waals surface area contributed by atoms with Gasteiger partial charge in [-0.25, -0.2) is 9.78 Å². The molecule has 146 valence electrons. The summed E-state index contributed by atoms with van der Waals surface area (Å²) in [6.45, 7) is 5.33. The second-order valence-corrected chi connectivity index (χ2v) is 6.95. The molecule has 1 heterocycles. The van der Waals surface area contributed by atoms with Crippen molar-refractivity contribution in [1.29, 1.82) is 0 Å². The maximum Gasteiger partial charge on any atom is 0.347 e. The van der Waals surface area contributed by atoms with E-state index < -0.39 is 11.6 Å². The van der Waals surface area contributed by atoms with Crippen LogP contribution < -0.4 is 9.47 Å². The van der Waals surface area contributed by atoms with Gasteiger partial charge in [-0.3, -0.25) is 0 Å². The van der Waals surface area contributed by atoms with Gasteiger partial charge in [-0.15, -0.1) is 0 Å². The van der Waals surface area contributed by atoms with Crippen molar-refractivity contribution in [2.75, 3.05) is 6.61 Å². The number of aromatic nitrogens is 1. The molecule has 28 heavy (non-hydrogen) atoms. The molecule has 0 fully saturated rings. The zero-order chi connectivity index (χ0) is 20.1. The standard InChI is InChI=1S/C22H23NO5/c1-15-13-18(9-10-19(15)28-22(2,3)21(24)25)26-12-11-17-14-27-20(23-17)16-7-5-4-6-8-16/h4-10,13-14H,11-12H2,1-3H3,(H,24,25). The largest absolute Gasteiger partial charge is 0.493 e. The summed E-state index contributed by atoms with van der Waals surface area (Å²) in [5.74, 6) is 0.775. The predicted molar refractivity (Wildman–Crippen MR) is 105 cm³/mol. The zero-order valence-electron chi connectivity index (χ0n) is 16.1. The number of aryl methyl sites for hydroxylation is 1. The Labute approximate surface area is 163 Å². The van der Waals surface area contributed by atoms with Crippen molar-refractivity contribution in [3.63, 3.8) is 0 Å². The molecule has 0 atom stereocenters. The van der Waals surface area contributed by atoms with Crippen LogP contribution in [0.2, 0.25) is 0 Å². The number of nitrogens with zero attached hydrogens (tertiary/aromatic N) is 1. The van der Waals surface area contributed by atoms with Crippen LogP contribution in [0.5, 0.6) is 11.5 Å². The molecule has 3 rings (SSSR count). The lowest BCUT2D eigenvalue weighted by Gasteiger charge is -2.23. The number of rotatable bonds is 8. The smallest absolute Gasteiger partial charge is 0.347 e. The highest BCUT2D eigenvalue weighted by Crippen LogP contribution is 2.27. The molecule has 0 aliphatic carbocycles. The van der Waals surface area contributed by atoms with E-state index in [-0.39, 0.29) is 0 Å². The van der Waals surface area contributed by atoms with Gasteiger partial charge in [0.05, 0.1) is 12.3 Å². The normalized spacial score (nSPS) is 11.2. The summed E-state index contributed by atoms with van der Waals surface area (Å²) in [5.41, 5.74) is 1.26. The number of carboxylic acid groups (broad SMARTS) is 1. The van der Waals surface area contributed by atoms with Gasteiger partial charge in [-0.1, -0.05) is 18.2 Å². The SMILES string of the molecule is Cc1cc(OCCc2coc(-c3ccccc3)n2)ccc1OC(C)(C)C(=O)O. The van der Waals surface area contributed by atoms with Gasteiger partial charge in [0.25, 0.3) is 0 Å². The van der Waals surface area contributed by atoms with Gasteiger partial charge in [-0.2, -0.15) is 0 Å². The summed E-state index contributed by atoms with van der Waals surface area (Å²) in [4.78, 5) is 15.7. The van der Waals surface area contributed by atoms with Crippen LogP contribution in [0.4, 0.5) is 0 Å². The molecule has 0 spiro atoms. The molecular formula is C22H23NO5. The number of aliphatic carboxylic acids is 1. The monoisotopic (exact) mass is 381 g/mol. The lowest BCUT2D eigenvalue weighted by atomic mass is 10.1. The lowest BCUT2D eigenvalue weighted by Crippen LogP contribution is -2.38. The molecule has 1 N–H and O–H groups in total. The summed E-state index contributed by atoms with van der Waals surface area (Å²) in [5, 5.41) is 9.18. The van der Waals surface area contributed by atoms with Crippen LogP contribution in [0.1, 0.15) is 25.1 Å². The molecule has 0 unspecified atom stereocenters. The molecule has 0 saturated carbocycles. The van der Waals surface area contributed by atoms with E-state index in [1.807, 2.05) is 43.3 Å². The summed E-state index contributed by atoms with van der Waals surface area (Å²) in [7, 11) is 0. The fourth-order valence-electron chi connectivity index (χ4n) is 2.55. The van der Waals surface area contributed by atoms with Crippen LogP contribution in [-0.2, 0) is 11.2 Å². The van der Waals surface area contributed by atoms with Gasteiger partial charge in [0.2, 0.25) is 5.89 Å². The Morgan fingerprint density at radius 3 is 2.61 bits per heavy atom. The number of carboxylic acids is 1. The molecule has 3 aromatic rings. The predicted octanol–water partition coefficient (Wildman–Crippen LogP) is 4.51. The van der Waals surface area contributed by atoms with Crippen LogP contribution in [0, 0.1) is 6.92 Å². The van der Waals surface area contributed by atoms with E-state index in [1.54, 1.807) is 18.4 Å². The maximum atomic E-state index is 11.2. The molecule has 2 aromatic carbocycles. The highest BCUT2D eigenvalue weighted by Gasteiger charge is 2.29. The highest BCUT2D eigenvalue weighted by molar-refractivity contribution is 5.76. The third-order valence-corrected chi connectivity index (χ3v) is 4.23. The summed E-state index contributed by atoms with van der Waals surface area (Å²) >= 11 is 0.